The summed E-state index contributed by atoms with van der Waals surface area (Å²) in [5.41, 5.74) is -0.916. The second kappa shape index (κ2) is 5.26. The summed E-state index contributed by atoms with van der Waals surface area (Å²) < 4.78 is 5.31. The van der Waals surface area contributed by atoms with E-state index < -0.39 is 16.5 Å². The van der Waals surface area contributed by atoms with Crippen LogP contribution in [-0.4, -0.2) is 21.6 Å². The predicted octanol–water partition coefficient (Wildman–Crippen LogP) is 2.96. The van der Waals surface area contributed by atoms with Crippen molar-refractivity contribution in [2.75, 3.05) is 0 Å². The first-order valence-electron chi connectivity index (χ1n) is 5.86. The zero-order valence-corrected chi connectivity index (χ0v) is 11.3. The van der Waals surface area contributed by atoms with Crippen LogP contribution >= 0.6 is 0 Å². The molecule has 6 nitrogen and oxygen atoms in total. The van der Waals surface area contributed by atoms with Crippen molar-refractivity contribution in [2.45, 2.75) is 39.2 Å². The molecule has 0 aliphatic carbocycles. The molecule has 0 saturated heterocycles. The lowest BCUT2D eigenvalue weighted by Crippen LogP contribution is -2.38. The number of carboxylic acid groups (broad SMARTS) is 1. The fraction of sp³-hybridized carbons (Fsp3) is 0.462. The first-order valence-corrected chi connectivity index (χ1v) is 5.86. The van der Waals surface area contributed by atoms with Gasteiger partial charge in [-0.1, -0.05) is 19.9 Å². The minimum absolute atomic E-state index is 0.0244. The second-order valence-electron chi connectivity index (χ2n) is 5.06. The third-order valence-electron chi connectivity index (χ3n) is 2.73. The molecule has 0 unspecified atom stereocenters. The summed E-state index contributed by atoms with van der Waals surface area (Å²) in [6.45, 7) is 6.57. The number of hydrogen-bond acceptors (Lipinski definition) is 4. The van der Waals surface area contributed by atoms with Gasteiger partial charge in [-0.15, -0.1) is 0 Å². The first-order chi connectivity index (χ1) is 8.65. The number of benzene rings is 1. The van der Waals surface area contributed by atoms with Crippen LogP contribution in [0.15, 0.2) is 18.2 Å². The van der Waals surface area contributed by atoms with Gasteiger partial charge in [-0.05, 0) is 31.4 Å². The summed E-state index contributed by atoms with van der Waals surface area (Å²) in [5, 5.41) is 20.0. The largest absolute Gasteiger partial charge is 0.478 e. The minimum Gasteiger partial charge on any atom is -0.478 e. The molecule has 0 fully saturated rings. The lowest BCUT2D eigenvalue weighted by atomic mass is 10.0. The minimum atomic E-state index is -1.53. The zero-order valence-electron chi connectivity index (χ0n) is 11.3. The summed E-state index contributed by atoms with van der Waals surface area (Å²) >= 11 is 0. The van der Waals surface area contributed by atoms with Gasteiger partial charge < -0.3 is 9.84 Å². The van der Waals surface area contributed by atoms with E-state index in [0.717, 1.165) is 5.56 Å². The molecule has 104 valence electrons. The van der Waals surface area contributed by atoms with E-state index >= 15 is 0 Å². The van der Waals surface area contributed by atoms with Gasteiger partial charge in [-0.25, -0.2) is 4.79 Å². The molecule has 1 rings (SSSR count). The van der Waals surface area contributed by atoms with Gasteiger partial charge in [0.1, 0.15) is 0 Å². The number of carboxylic acids is 1. The SMILES string of the molecule is CC(C)c1ccc([N+](=O)[O-])c(OC(C)(C)C(=O)O)c1. The molecule has 0 atom stereocenters. The highest BCUT2D eigenvalue weighted by Crippen LogP contribution is 2.33. The molecule has 6 heteroatoms. The molecule has 0 radical (unpaired) electrons. The number of rotatable bonds is 5. The molecular weight excluding hydrogens is 250 g/mol. The molecule has 0 heterocycles. The maximum atomic E-state index is 11.0. The van der Waals surface area contributed by atoms with E-state index in [1.165, 1.54) is 26.0 Å². The van der Waals surface area contributed by atoms with E-state index in [4.69, 9.17) is 9.84 Å². The number of nitrogens with zero attached hydrogens (tertiary/aromatic N) is 1. The van der Waals surface area contributed by atoms with Gasteiger partial charge in [-0.3, -0.25) is 10.1 Å². The summed E-state index contributed by atoms with van der Waals surface area (Å²) in [6.07, 6.45) is 0. The summed E-state index contributed by atoms with van der Waals surface area (Å²) in [7, 11) is 0. The Morgan fingerprint density at radius 2 is 2.00 bits per heavy atom. The van der Waals surface area contributed by atoms with Crippen LogP contribution in [0.3, 0.4) is 0 Å². The Morgan fingerprint density at radius 3 is 2.42 bits per heavy atom. The van der Waals surface area contributed by atoms with Crippen molar-refractivity contribution < 1.29 is 19.6 Å². The van der Waals surface area contributed by atoms with Crippen molar-refractivity contribution in [2.24, 2.45) is 0 Å². The second-order valence-corrected chi connectivity index (χ2v) is 5.06. The molecule has 0 amide bonds. The van der Waals surface area contributed by atoms with E-state index in [9.17, 15) is 14.9 Å². The Morgan fingerprint density at radius 1 is 1.42 bits per heavy atom. The Hall–Kier alpha value is -2.11. The van der Waals surface area contributed by atoms with Crippen LogP contribution in [0.2, 0.25) is 0 Å². The van der Waals surface area contributed by atoms with Crippen molar-refractivity contribution in [3.63, 3.8) is 0 Å². The monoisotopic (exact) mass is 267 g/mol. The fourth-order valence-electron chi connectivity index (χ4n) is 1.44. The van der Waals surface area contributed by atoms with Crippen molar-refractivity contribution >= 4 is 11.7 Å². The molecule has 1 N–H and O–H groups in total. The van der Waals surface area contributed by atoms with Gasteiger partial charge >= 0.3 is 11.7 Å². The van der Waals surface area contributed by atoms with Gasteiger partial charge in [0.2, 0.25) is 0 Å². The van der Waals surface area contributed by atoms with Crippen LogP contribution in [0.4, 0.5) is 5.69 Å². The van der Waals surface area contributed by atoms with E-state index in [0.29, 0.717) is 0 Å². The third kappa shape index (κ3) is 3.43. The average Bonchev–Trinajstić information content (AvgIpc) is 2.27. The lowest BCUT2D eigenvalue weighted by Gasteiger charge is -2.22. The van der Waals surface area contributed by atoms with Gasteiger partial charge in [-0.2, -0.15) is 0 Å². The van der Waals surface area contributed by atoms with Crippen LogP contribution in [0, 0.1) is 10.1 Å². The van der Waals surface area contributed by atoms with Crippen molar-refractivity contribution in [3.8, 4) is 5.75 Å². The van der Waals surface area contributed by atoms with Gasteiger partial charge in [0.25, 0.3) is 0 Å². The number of nitro benzene ring substituents is 1. The Bertz CT molecular complexity index is 508. The van der Waals surface area contributed by atoms with Crippen molar-refractivity contribution in [1.82, 2.24) is 0 Å². The first kappa shape index (κ1) is 14.9. The molecule has 0 aliphatic rings. The van der Waals surface area contributed by atoms with Crippen molar-refractivity contribution in [1.29, 1.82) is 0 Å². The van der Waals surface area contributed by atoms with E-state index in [-0.39, 0.29) is 17.4 Å². The van der Waals surface area contributed by atoms with Crippen LogP contribution in [0.25, 0.3) is 0 Å². The summed E-state index contributed by atoms with van der Waals surface area (Å²) in [5.74, 6) is -1.04. The highest BCUT2D eigenvalue weighted by molar-refractivity contribution is 5.77. The average molecular weight is 267 g/mol. The Kier molecular flexibility index (Phi) is 4.14. The van der Waals surface area contributed by atoms with Crippen LogP contribution in [-0.2, 0) is 4.79 Å². The normalized spacial score (nSPS) is 11.4. The molecule has 19 heavy (non-hydrogen) atoms. The third-order valence-corrected chi connectivity index (χ3v) is 2.73. The molecule has 0 aliphatic heterocycles. The smallest absolute Gasteiger partial charge is 0.347 e. The molecule has 0 aromatic heterocycles. The maximum Gasteiger partial charge on any atom is 0.347 e. The number of carbonyl (C=O) groups is 1. The van der Waals surface area contributed by atoms with Crippen molar-refractivity contribution in [3.05, 3.63) is 33.9 Å². The van der Waals surface area contributed by atoms with Crippen LogP contribution in [0.5, 0.6) is 5.75 Å². The fourth-order valence-corrected chi connectivity index (χ4v) is 1.44. The zero-order chi connectivity index (χ0) is 14.8. The van der Waals surface area contributed by atoms with Crippen LogP contribution in [0.1, 0.15) is 39.2 Å². The maximum absolute atomic E-state index is 11.0. The van der Waals surface area contributed by atoms with Gasteiger partial charge in [0, 0.05) is 6.07 Å². The van der Waals surface area contributed by atoms with Gasteiger partial charge in [0.05, 0.1) is 4.92 Å². The van der Waals surface area contributed by atoms with E-state index in [1.54, 1.807) is 6.07 Å². The molecule has 0 spiro atoms. The molecule has 0 bridgehead atoms. The quantitative estimate of drug-likeness (QED) is 0.654. The van der Waals surface area contributed by atoms with Gasteiger partial charge in [0.15, 0.2) is 11.4 Å². The molecule has 0 saturated carbocycles. The molecule has 1 aromatic rings. The standard InChI is InChI=1S/C13H17NO5/c1-8(2)9-5-6-10(14(17)18)11(7-9)19-13(3,4)12(15)16/h5-8H,1-4H3,(H,15,16). The predicted molar refractivity (Wildman–Crippen MR) is 69.5 cm³/mol. The lowest BCUT2D eigenvalue weighted by molar-refractivity contribution is -0.386. The number of hydrogen-bond donors (Lipinski definition) is 1. The topological polar surface area (TPSA) is 89.7 Å². The van der Waals surface area contributed by atoms with Crippen LogP contribution < -0.4 is 4.74 Å². The Balaban J connectivity index is 3.26. The summed E-state index contributed by atoms with van der Waals surface area (Å²) in [4.78, 5) is 21.4. The number of aliphatic carboxylic acids is 1. The Labute approximate surface area is 111 Å². The highest BCUT2D eigenvalue weighted by atomic mass is 16.6. The van der Waals surface area contributed by atoms with E-state index in [1.807, 2.05) is 13.8 Å². The molecule has 1 aromatic carbocycles. The number of nitro groups is 1. The highest BCUT2D eigenvalue weighted by Gasteiger charge is 2.32. The molecular formula is C13H17NO5. The van der Waals surface area contributed by atoms with E-state index in [2.05, 4.69) is 0 Å². The summed E-state index contributed by atoms with van der Waals surface area (Å²) in [6, 6.07) is 4.50. The number of ether oxygens (including phenoxy) is 1.